The smallest absolute Gasteiger partial charge is 0.317 e. The van der Waals surface area contributed by atoms with Crippen molar-refractivity contribution >= 4 is 12.0 Å². The van der Waals surface area contributed by atoms with Crippen molar-refractivity contribution in [3.8, 4) is 0 Å². The minimum Gasteiger partial charge on any atom is -0.481 e. The number of urea groups is 1. The van der Waals surface area contributed by atoms with Gasteiger partial charge in [0.15, 0.2) is 0 Å². The Morgan fingerprint density at radius 1 is 1.29 bits per heavy atom. The third-order valence-electron chi connectivity index (χ3n) is 3.57. The molecule has 0 aromatic carbocycles. The summed E-state index contributed by atoms with van der Waals surface area (Å²) in [5.74, 6) is -0.860. The number of carbonyl (C=O) groups is 2. The highest BCUT2D eigenvalue weighted by atomic mass is 16.4. The number of aliphatic carboxylic acids is 1. The van der Waals surface area contributed by atoms with E-state index in [1.54, 1.807) is 4.90 Å². The Labute approximate surface area is 102 Å². The number of carboxylic acids is 1. The van der Waals surface area contributed by atoms with Gasteiger partial charge >= 0.3 is 12.0 Å². The van der Waals surface area contributed by atoms with E-state index in [2.05, 4.69) is 5.32 Å². The molecule has 1 aliphatic heterocycles. The standard InChI is InChI=1S/C12H22N2O3/c1-7(2)9(4)13-12(17)14-5-8(3)10(6-14)11(15)16/h7-10H,5-6H2,1-4H3,(H,13,17)(H,15,16)/t8-,9?,10-/m1/s1. The Hall–Kier alpha value is -1.26. The van der Waals surface area contributed by atoms with Gasteiger partial charge in [-0.2, -0.15) is 0 Å². The summed E-state index contributed by atoms with van der Waals surface area (Å²) in [4.78, 5) is 24.4. The van der Waals surface area contributed by atoms with Gasteiger partial charge in [-0.15, -0.1) is 0 Å². The van der Waals surface area contributed by atoms with E-state index in [0.717, 1.165) is 0 Å². The van der Waals surface area contributed by atoms with E-state index in [4.69, 9.17) is 5.11 Å². The molecule has 0 spiro atoms. The molecule has 0 aliphatic carbocycles. The Kier molecular flexibility index (Phi) is 4.37. The van der Waals surface area contributed by atoms with Crippen molar-refractivity contribution in [2.24, 2.45) is 17.8 Å². The van der Waals surface area contributed by atoms with Crippen molar-refractivity contribution in [2.45, 2.75) is 33.7 Å². The number of nitrogens with zero attached hydrogens (tertiary/aromatic N) is 1. The van der Waals surface area contributed by atoms with Crippen LogP contribution in [0.15, 0.2) is 0 Å². The number of carbonyl (C=O) groups excluding carboxylic acids is 1. The molecule has 98 valence electrons. The lowest BCUT2D eigenvalue weighted by Gasteiger charge is -2.22. The number of likely N-dealkylation sites (tertiary alicyclic amines) is 1. The highest BCUT2D eigenvalue weighted by Crippen LogP contribution is 2.23. The predicted molar refractivity (Wildman–Crippen MR) is 64.7 cm³/mol. The number of carboxylic acid groups (broad SMARTS) is 1. The minimum atomic E-state index is -0.815. The zero-order valence-corrected chi connectivity index (χ0v) is 10.9. The van der Waals surface area contributed by atoms with Crippen LogP contribution in [0.25, 0.3) is 0 Å². The van der Waals surface area contributed by atoms with Crippen LogP contribution in [0.4, 0.5) is 4.79 Å². The van der Waals surface area contributed by atoms with Gasteiger partial charge in [-0.1, -0.05) is 20.8 Å². The summed E-state index contributed by atoms with van der Waals surface area (Å²) in [6, 6.07) is -0.0523. The van der Waals surface area contributed by atoms with Crippen molar-refractivity contribution in [2.75, 3.05) is 13.1 Å². The molecule has 0 aromatic heterocycles. The van der Waals surface area contributed by atoms with Gasteiger partial charge in [-0.05, 0) is 18.8 Å². The van der Waals surface area contributed by atoms with Crippen molar-refractivity contribution in [1.29, 1.82) is 0 Å². The molecule has 1 rings (SSSR count). The van der Waals surface area contributed by atoms with Crippen LogP contribution in [-0.2, 0) is 4.79 Å². The maximum absolute atomic E-state index is 11.9. The first kappa shape index (κ1) is 13.8. The Morgan fingerprint density at radius 3 is 2.29 bits per heavy atom. The lowest BCUT2D eigenvalue weighted by atomic mass is 9.99. The fraction of sp³-hybridized carbons (Fsp3) is 0.833. The van der Waals surface area contributed by atoms with Crippen molar-refractivity contribution in [3.05, 3.63) is 0 Å². The van der Waals surface area contributed by atoms with E-state index in [1.165, 1.54) is 0 Å². The van der Waals surface area contributed by atoms with Gasteiger partial charge in [0.2, 0.25) is 0 Å². The van der Waals surface area contributed by atoms with Gasteiger partial charge in [-0.3, -0.25) is 4.79 Å². The third kappa shape index (κ3) is 3.35. The van der Waals surface area contributed by atoms with Gasteiger partial charge in [0.05, 0.1) is 5.92 Å². The second-order valence-corrected chi connectivity index (χ2v) is 5.31. The average Bonchev–Trinajstić information content (AvgIpc) is 2.60. The summed E-state index contributed by atoms with van der Waals surface area (Å²) in [5, 5.41) is 11.9. The fourth-order valence-electron chi connectivity index (χ4n) is 1.91. The van der Waals surface area contributed by atoms with Gasteiger partial charge in [0.1, 0.15) is 0 Å². The van der Waals surface area contributed by atoms with Crippen molar-refractivity contribution in [1.82, 2.24) is 10.2 Å². The molecule has 0 aromatic rings. The van der Waals surface area contributed by atoms with Crippen LogP contribution in [0.1, 0.15) is 27.7 Å². The highest BCUT2D eigenvalue weighted by molar-refractivity contribution is 5.77. The summed E-state index contributed by atoms with van der Waals surface area (Å²) >= 11 is 0. The Balaban J connectivity index is 2.53. The van der Waals surface area contributed by atoms with E-state index < -0.39 is 11.9 Å². The zero-order valence-electron chi connectivity index (χ0n) is 10.9. The zero-order chi connectivity index (χ0) is 13.2. The Bertz CT molecular complexity index is 304. The number of hydrogen-bond donors (Lipinski definition) is 2. The molecular formula is C12H22N2O3. The maximum Gasteiger partial charge on any atom is 0.317 e. The molecule has 2 N–H and O–H groups in total. The van der Waals surface area contributed by atoms with E-state index >= 15 is 0 Å². The summed E-state index contributed by atoms with van der Waals surface area (Å²) in [6.07, 6.45) is 0. The molecule has 0 bridgehead atoms. The van der Waals surface area contributed by atoms with E-state index in [1.807, 2.05) is 27.7 Å². The molecule has 1 saturated heterocycles. The van der Waals surface area contributed by atoms with Crippen LogP contribution in [-0.4, -0.2) is 41.1 Å². The summed E-state index contributed by atoms with van der Waals surface area (Å²) in [5.41, 5.74) is 0. The molecule has 0 radical (unpaired) electrons. The topological polar surface area (TPSA) is 69.6 Å². The molecule has 5 heteroatoms. The lowest BCUT2D eigenvalue weighted by molar-refractivity contribution is -0.142. The van der Waals surface area contributed by atoms with Crippen LogP contribution in [0.2, 0.25) is 0 Å². The SMILES string of the molecule is CC(C)C(C)NC(=O)N1C[C@@H](C)[C@H](C(=O)O)C1. The molecule has 1 unspecified atom stereocenters. The highest BCUT2D eigenvalue weighted by Gasteiger charge is 2.37. The molecule has 3 atom stereocenters. The van der Waals surface area contributed by atoms with E-state index in [-0.39, 0.29) is 18.0 Å². The molecule has 1 fully saturated rings. The predicted octanol–water partition coefficient (Wildman–Crippen LogP) is 1.39. The largest absolute Gasteiger partial charge is 0.481 e. The second-order valence-electron chi connectivity index (χ2n) is 5.31. The minimum absolute atomic E-state index is 0.0209. The summed E-state index contributed by atoms with van der Waals surface area (Å²) in [7, 11) is 0. The molecule has 1 heterocycles. The summed E-state index contributed by atoms with van der Waals surface area (Å²) in [6.45, 7) is 8.74. The number of amides is 2. The first-order valence-electron chi connectivity index (χ1n) is 6.11. The van der Waals surface area contributed by atoms with Crippen molar-refractivity contribution in [3.63, 3.8) is 0 Å². The van der Waals surface area contributed by atoms with Gasteiger partial charge in [0.25, 0.3) is 0 Å². The van der Waals surface area contributed by atoms with E-state index in [9.17, 15) is 9.59 Å². The van der Waals surface area contributed by atoms with Crippen molar-refractivity contribution < 1.29 is 14.7 Å². The third-order valence-corrected chi connectivity index (χ3v) is 3.57. The van der Waals surface area contributed by atoms with E-state index in [0.29, 0.717) is 19.0 Å². The number of hydrogen-bond acceptors (Lipinski definition) is 2. The van der Waals surface area contributed by atoms with Crippen LogP contribution in [0, 0.1) is 17.8 Å². The first-order valence-corrected chi connectivity index (χ1v) is 6.11. The normalized spacial score (nSPS) is 26.1. The van der Waals surface area contributed by atoms with Gasteiger partial charge in [0, 0.05) is 19.1 Å². The molecule has 17 heavy (non-hydrogen) atoms. The Morgan fingerprint density at radius 2 is 1.88 bits per heavy atom. The fourth-order valence-corrected chi connectivity index (χ4v) is 1.91. The molecule has 1 aliphatic rings. The molecule has 5 nitrogen and oxygen atoms in total. The van der Waals surface area contributed by atoms with Gasteiger partial charge in [-0.25, -0.2) is 4.79 Å². The van der Waals surface area contributed by atoms with Crippen LogP contribution < -0.4 is 5.32 Å². The monoisotopic (exact) mass is 242 g/mol. The second kappa shape index (κ2) is 5.38. The number of nitrogens with one attached hydrogen (secondary N) is 1. The van der Waals surface area contributed by atoms with Crippen LogP contribution in [0.3, 0.4) is 0 Å². The van der Waals surface area contributed by atoms with Crippen LogP contribution >= 0.6 is 0 Å². The molecular weight excluding hydrogens is 220 g/mol. The van der Waals surface area contributed by atoms with Crippen LogP contribution in [0.5, 0.6) is 0 Å². The maximum atomic E-state index is 11.9. The average molecular weight is 242 g/mol. The molecule has 2 amide bonds. The van der Waals surface area contributed by atoms with Gasteiger partial charge < -0.3 is 15.3 Å². The molecule has 0 saturated carbocycles. The number of rotatable bonds is 3. The lowest BCUT2D eigenvalue weighted by Crippen LogP contribution is -2.44. The first-order chi connectivity index (χ1) is 7.82. The summed E-state index contributed by atoms with van der Waals surface area (Å²) < 4.78 is 0. The quantitative estimate of drug-likeness (QED) is 0.785.